The Labute approximate surface area is 208 Å². The molecule has 2 aromatic carbocycles. The maximum atomic E-state index is 13.6. The minimum absolute atomic E-state index is 0.131. The number of benzene rings is 2. The van der Waals surface area contributed by atoms with Crippen LogP contribution in [0.1, 0.15) is 63.2 Å². The highest BCUT2D eigenvalue weighted by molar-refractivity contribution is 5.97. The average Bonchev–Trinajstić information content (AvgIpc) is 2.90. The summed E-state index contributed by atoms with van der Waals surface area (Å²) in [6, 6.07) is 19.0. The zero-order chi connectivity index (χ0) is 25.2. The number of hydrogen-bond donors (Lipinski definition) is 2. The number of carbonyl (C=O) groups excluding carboxylic acids is 1. The molecule has 5 rings (SSSR count). The lowest BCUT2D eigenvalue weighted by molar-refractivity contribution is -0.00853. The zero-order valence-corrected chi connectivity index (χ0v) is 19.7. The maximum Gasteiger partial charge on any atom is 0.341 e. The molecule has 8 nitrogen and oxygen atoms in total. The molecule has 2 N–H and O–H groups in total. The van der Waals surface area contributed by atoms with Crippen molar-refractivity contribution in [3.63, 3.8) is 0 Å². The van der Waals surface area contributed by atoms with Gasteiger partial charge in [0.15, 0.2) is 11.4 Å². The first-order chi connectivity index (χ1) is 17.5. The fraction of sp³-hybridized carbons (Fsp3) is 0.321. The summed E-state index contributed by atoms with van der Waals surface area (Å²) in [5, 5.41) is 20.5. The van der Waals surface area contributed by atoms with Gasteiger partial charge in [-0.2, -0.15) is 0 Å². The monoisotopic (exact) mass is 488 g/mol. The Balaban J connectivity index is 1.69. The molecule has 3 heterocycles. The van der Waals surface area contributed by atoms with Crippen molar-refractivity contribution in [2.45, 2.75) is 37.3 Å². The molecule has 1 fully saturated rings. The Morgan fingerprint density at radius 3 is 2.19 bits per heavy atom. The van der Waals surface area contributed by atoms with Crippen LogP contribution in [-0.4, -0.2) is 57.4 Å². The molecule has 3 aromatic rings. The van der Waals surface area contributed by atoms with E-state index >= 15 is 0 Å². The van der Waals surface area contributed by atoms with Gasteiger partial charge >= 0.3 is 5.97 Å². The summed E-state index contributed by atoms with van der Waals surface area (Å²) < 4.78 is 7.38. The third-order valence-electron chi connectivity index (χ3n) is 7.10. The fourth-order valence-corrected chi connectivity index (χ4v) is 5.37. The average molecular weight is 489 g/mol. The van der Waals surface area contributed by atoms with Crippen molar-refractivity contribution in [1.82, 2.24) is 9.47 Å². The molecule has 2 atom stereocenters. The number of carboxylic acid groups (broad SMARTS) is 1. The second-order valence-electron chi connectivity index (χ2n) is 9.35. The van der Waals surface area contributed by atoms with Gasteiger partial charge in [-0.1, -0.05) is 60.7 Å². The van der Waals surface area contributed by atoms with Crippen LogP contribution in [-0.2, 0) is 4.74 Å². The molecule has 8 heteroatoms. The van der Waals surface area contributed by atoms with Gasteiger partial charge in [0.1, 0.15) is 5.56 Å². The number of nitrogens with zero attached hydrogens (tertiary/aromatic N) is 2. The lowest BCUT2D eigenvalue weighted by Gasteiger charge is -2.41. The molecular formula is C28H28N2O6. The Hall–Kier alpha value is -3.91. The van der Waals surface area contributed by atoms with Crippen LogP contribution >= 0.6 is 0 Å². The maximum absolute atomic E-state index is 13.6. The molecule has 1 amide bonds. The number of aromatic nitrogens is 1. The number of fused-ring (bicyclic) bond motifs is 1. The standard InChI is InChI=1S/C28H28N2O6/c31-25-21(28(34)35)16-30-22(23(18-9-3-1-4-10-18)19-11-5-2-6-12-19)17-29(27(33)24(30)26(25)32)15-20-13-7-8-14-36-20/h1-6,9-12,16,20,22-23,32H,7-8,13-15,17H2,(H,34,35)/t20?,22-/m1/s1. The van der Waals surface area contributed by atoms with Crippen LogP contribution in [0.15, 0.2) is 71.7 Å². The summed E-state index contributed by atoms with van der Waals surface area (Å²) in [6.45, 7) is 1.23. The van der Waals surface area contributed by atoms with Gasteiger partial charge in [0, 0.05) is 31.8 Å². The van der Waals surface area contributed by atoms with E-state index in [0.717, 1.165) is 30.4 Å². The molecule has 186 valence electrons. The van der Waals surface area contributed by atoms with Crippen LogP contribution in [0.25, 0.3) is 0 Å². The van der Waals surface area contributed by atoms with Gasteiger partial charge in [0.2, 0.25) is 5.43 Å². The SMILES string of the molecule is O=C(O)c1cn2c(c(O)c1=O)C(=O)N(CC1CCCCO1)C[C@@H]2C(c1ccccc1)c1ccccc1. The number of amides is 1. The lowest BCUT2D eigenvalue weighted by atomic mass is 9.83. The van der Waals surface area contributed by atoms with Crippen molar-refractivity contribution in [3.05, 3.63) is 99.5 Å². The Kier molecular flexibility index (Phi) is 6.61. The molecule has 1 saturated heterocycles. The minimum Gasteiger partial charge on any atom is -0.503 e. The number of aromatic hydroxyl groups is 1. The van der Waals surface area contributed by atoms with E-state index in [1.54, 1.807) is 4.90 Å². The van der Waals surface area contributed by atoms with E-state index < -0.39 is 34.7 Å². The first kappa shape index (κ1) is 23.8. The molecule has 2 aliphatic heterocycles. The topological polar surface area (TPSA) is 109 Å². The lowest BCUT2D eigenvalue weighted by Crippen LogP contribution is -2.49. The number of carboxylic acids is 1. The summed E-state index contributed by atoms with van der Waals surface area (Å²) in [5.74, 6) is -3.07. The number of rotatable bonds is 6. The highest BCUT2D eigenvalue weighted by Crippen LogP contribution is 2.40. The van der Waals surface area contributed by atoms with E-state index in [1.807, 2.05) is 60.7 Å². The number of pyridine rings is 1. The number of carbonyl (C=O) groups is 2. The molecule has 2 aliphatic rings. The number of hydrogen-bond acceptors (Lipinski definition) is 5. The van der Waals surface area contributed by atoms with Crippen molar-refractivity contribution in [2.75, 3.05) is 19.7 Å². The summed E-state index contributed by atoms with van der Waals surface area (Å²) in [7, 11) is 0. The number of ether oxygens (including phenoxy) is 1. The van der Waals surface area contributed by atoms with Crippen LogP contribution in [0, 0.1) is 0 Å². The van der Waals surface area contributed by atoms with Crippen LogP contribution in [0.3, 0.4) is 0 Å². The van der Waals surface area contributed by atoms with Crippen LogP contribution < -0.4 is 5.43 Å². The normalized spacial score (nSPS) is 19.8. The molecule has 0 radical (unpaired) electrons. The van der Waals surface area contributed by atoms with Gasteiger partial charge in [-0.25, -0.2) is 4.79 Å². The molecule has 0 aliphatic carbocycles. The van der Waals surface area contributed by atoms with E-state index in [9.17, 15) is 24.6 Å². The van der Waals surface area contributed by atoms with Crippen LogP contribution in [0.2, 0.25) is 0 Å². The predicted molar refractivity (Wildman–Crippen MR) is 133 cm³/mol. The van der Waals surface area contributed by atoms with Gasteiger partial charge in [-0.3, -0.25) is 9.59 Å². The van der Waals surface area contributed by atoms with Crippen molar-refractivity contribution >= 4 is 11.9 Å². The first-order valence-corrected chi connectivity index (χ1v) is 12.2. The quantitative estimate of drug-likeness (QED) is 0.548. The molecular weight excluding hydrogens is 460 g/mol. The van der Waals surface area contributed by atoms with E-state index in [1.165, 1.54) is 10.8 Å². The highest BCUT2D eigenvalue weighted by Gasteiger charge is 2.40. The minimum atomic E-state index is -1.45. The van der Waals surface area contributed by atoms with Gasteiger partial charge in [-0.05, 0) is 30.4 Å². The molecule has 0 saturated carbocycles. The Morgan fingerprint density at radius 1 is 1.00 bits per heavy atom. The predicted octanol–water partition coefficient (Wildman–Crippen LogP) is 3.65. The molecule has 36 heavy (non-hydrogen) atoms. The van der Waals surface area contributed by atoms with Gasteiger partial charge < -0.3 is 24.4 Å². The van der Waals surface area contributed by atoms with Gasteiger partial charge in [0.25, 0.3) is 5.91 Å². The van der Waals surface area contributed by atoms with E-state index in [2.05, 4.69) is 0 Å². The summed E-state index contributed by atoms with van der Waals surface area (Å²) in [4.78, 5) is 39.8. The van der Waals surface area contributed by atoms with Crippen molar-refractivity contribution < 1.29 is 24.5 Å². The van der Waals surface area contributed by atoms with Crippen LogP contribution in [0.4, 0.5) is 0 Å². The van der Waals surface area contributed by atoms with E-state index in [4.69, 9.17) is 4.74 Å². The fourth-order valence-electron chi connectivity index (χ4n) is 5.37. The third kappa shape index (κ3) is 4.40. The second-order valence-corrected chi connectivity index (χ2v) is 9.35. The second kappa shape index (κ2) is 9.99. The molecule has 1 aromatic heterocycles. The Bertz CT molecular complexity index is 1280. The zero-order valence-electron chi connectivity index (χ0n) is 19.7. The van der Waals surface area contributed by atoms with E-state index in [-0.39, 0.29) is 24.3 Å². The number of aromatic carboxylic acids is 1. The molecule has 1 unspecified atom stereocenters. The first-order valence-electron chi connectivity index (χ1n) is 12.2. The molecule has 0 bridgehead atoms. The largest absolute Gasteiger partial charge is 0.503 e. The smallest absolute Gasteiger partial charge is 0.341 e. The highest BCUT2D eigenvalue weighted by atomic mass is 16.5. The van der Waals surface area contributed by atoms with Gasteiger partial charge in [-0.15, -0.1) is 0 Å². The molecule has 0 spiro atoms. The summed E-state index contributed by atoms with van der Waals surface area (Å²) >= 11 is 0. The third-order valence-corrected chi connectivity index (χ3v) is 7.10. The van der Waals surface area contributed by atoms with Crippen molar-refractivity contribution in [1.29, 1.82) is 0 Å². The Morgan fingerprint density at radius 2 is 1.64 bits per heavy atom. The van der Waals surface area contributed by atoms with E-state index in [0.29, 0.717) is 13.2 Å². The van der Waals surface area contributed by atoms with Crippen molar-refractivity contribution in [2.24, 2.45) is 0 Å². The van der Waals surface area contributed by atoms with Gasteiger partial charge in [0.05, 0.1) is 12.1 Å². The van der Waals surface area contributed by atoms with Crippen molar-refractivity contribution in [3.8, 4) is 5.75 Å². The summed E-state index contributed by atoms with van der Waals surface area (Å²) in [6.07, 6.45) is 3.89. The summed E-state index contributed by atoms with van der Waals surface area (Å²) in [5.41, 5.74) is 0.121. The van der Waals surface area contributed by atoms with Crippen LogP contribution in [0.5, 0.6) is 5.75 Å².